The van der Waals surface area contributed by atoms with Gasteiger partial charge in [-0.25, -0.2) is 4.39 Å². The summed E-state index contributed by atoms with van der Waals surface area (Å²) < 4.78 is 13.0. The van der Waals surface area contributed by atoms with Gasteiger partial charge in [0, 0.05) is 49.9 Å². The second-order valence-electron chi connectivity index (χ2n) is 7.85. The molecule has 2 saturated heterocycles. The van der Waals surface area contributed by atoms with E-state index in [9.17, 15) is 14.0 Å². The first-order chi connectivity index (χ1) is 14.1. The van der Waals surface area contributed by atoms with Gasteiger partial charge in [-0.15, -0.1) is 0 Å². The van der Waals surface area contributed by atoms with Crippen LogP contribution in [0.25, 0.3) is 0 Å². The molecule has 2 aliphatic rings. The Morgan fingerprint density at radius 1 is 1.00 bits per heavy atom. The number of hydrogen-bond acceptors (Lipinski definition) is 3. The van der Waals surface area contributed by atoms with Gasteiger partial charge in [0.1, 0.15) is 5.82 Å². The molecule has 2 aliphatic heterocycles. The Bertz CT molecular complexity index is 859. The molecule has 0 radical (unpaired) electrons. The van der Waals surface area contributed by atoms with Crippen LogP contribution < -0.4 is 10.2 Å². The van der Waals surface area contributed by atoms with Gasteiger partial charge in [0.25, 0.3) is 5.91 Å². The van der Waals surface area contributed by atoms with Crippen molar-refractivity contribution in [3.05, 3.63) is 65.5 Å². The number of nitrogens with one attached hydrogen (secondary N) is 1. The Morgan fingerprint density at radius 3 is 2.31 bits per heavy atom. The monoisotopic (exact) mass is 395 g/mol. The van der Waals surface area contributed by atoms with Crippen molar-refractivity contribution < 1.29 is 14.0 Å². The van der Waals surface area contributed by atoms with Crippen LogP contribution in [-0.2, 0) is 11.3 Å². The zero-order valence-corrected chi connectivity index (χ0v) is 16.4. The second-order valence-corrected chi connectivity index (χ2v) is 7.85. The number of benzene rings is 2. The van der Waals surface area contributed by atoms with E-state index in [2.05, 4.69) is 10.2 Å². The SMILES string of the molecule is O=C(NC1CCN(Cc2ccc(F)cc2)CC1)c1ccc(N2CCCC2=O)cc1. The minimum absolute atomic E-state index is 0.0683. The molecule has 2 amide bonds. The van der Waals surface area contributed by atoms with Gasteiger partial charge in [0.05, 0.1) is 0 Å². The van der Waals surface area contributed by atoms with E-state index in [1.807, 2.05) is 24.3 Å². The Kier molecular flexibility index (Phi) is 5.90. The first-order valence-corrected chi connectivity index (χ1v) is 10.3. The second kappa shape index (κ2) is 8.74. The molecule has 0 unspecified atom stereocenters. The third-order valence-corrected chi connectivity index (χ3v) is 5.76. The summed E-state index contributed by atoms with van der Waals surface area (Å²) in [5, 5.41) is 3.13. The van der Waals surface area contributed by atoms with E-state index >= 15 is 0 Å². The van der Waals surface area contributed by atoms with Crippen LogP contribution in [0.1, 0.15) is 41.6 Å². The molecule has 29 heavy (non-hydrogen) atoms. The van der Waals surface area contributed by atoms with E-state index in [0.717, 1.165) is 56.7 Å². The van der Waals surface area contributed by atoms with Gasteiger partial charge in [0.15, 0.2) is 0 Å². The van der Waals surface area contributed by atoms with Crippen molar-refractivity contribution in [2.75, 3.05) is 24.5 Å². The van der Waals surface area contributed by atoms with E-state index in [1.165, 1.54) is 12.1 Å². The molecule has 1 N–H and O–H groups in total. The van der Waals surface area contributed by atoms with Crippen molar-refractivity contribution in [3.8, 4) is 0 Å². The molecule has 0 aromatic heterocycles. The minimum Gasteiger partial charge on any atom is -0.349 e. The largest absolute Gasteiger partial charge is 0.349 e. The van der Waals surface area contributed by atoms with Crippen LogP contribution in [0.5, 0.6) is 0 Å². The van der Waals surface area contributed by atoms with E-state index < -0.39 is 0 Å². The Balaban J connectivity index is 1.26. The number of anilines is 1. The number of carbonyl (C=O) groups excluding carboxylic acids is 2. The fourth-order valence-corrected chi connectivity index (χ4v) is 4.07. The predicted molar refractivity (Wildman–Crippen MR) is 110 cm³/mol. The number of carbonyl (C=O) groups is 2. The molecule has 4 rings (SSSR count). The standard InChI is InChI=1S/C23H26FN3O2/c24-19-7-3-17(4-8-19)16-26-14-11-20(12-15-26)25-23(29)18-5-9-21(10-6-18)27-13-1-2-22(27)28/h3-10,20H,1-2,11-16H2,(H,25,29). The molecule has 2 aromatic rings. The van der Waals surface area contributed by atoms with E-state index in [0.29, 0.717) is 12.0 Å². The molecule has 0 aliphatic carbocycles. The fourth-order valence-electron chi connectivity index (χ4n) is 4.07. The number of rotatable bonds is 5. The zero-order chi connectivity index (χ0) is 20.2. The molecule has 2 fully saturated rings. The number of halogens is 1. The van der Waals surface area contributed by atoms with Crippen LogP contribution in [0.3, 0.4) is 0 Å². The van der Waals surface area contributed by atoms with Crippen LogP contribution in [0, 0.1) is 5.82 Å². The molecule has 2 aromatic carbocycles. The summed E-state index contributed by atoms with van der Waals surface area (Å²) in [6.45, 7) is 3.36. The molecular formula is C23H26FN3O2. The summed E-state index contributed by atoms with van der Waals surface area (Å²) in [7, 11) is 0. The molecular weight excluding hydrogens is 369 g/mol. The van der Waals surface area contributed by atoms with Crippen LogP contribution in [0.15, 0.2) is 48.5 Å². The summed E-state index contributed by atoms with van der Waals surface area (Å²) in [6.07, 6.45) is 3.28. The van der Waals surface area contributed by atoms with Gasteiger partial charge in [-0.05, 0) is 61.2 Å². The molecule has 0 atom stereocenters. The minimum atomic E-state index is -0.213. The topological polar surface area (TPSA) is 52.7 Å². The third kappa shape index (κ3) is 4.82. The Morgan fingerprint density at radius 2 is 1.69 bits per heavy atom. The maximum atomic E-state index is 13.0. The van der Waals surface area contributed by atoms with Crippen LogP contribution in [-0.4, -0.2) is 42.4 Å². The summed E-state index contributed by atoms with van der Waals surface area (Å²) in [5.74, 6) is -0.133. The highest BCUT2D eigenvalue weighted by molar-refractivity contribution is 5.97. The molecule has 5 nitrogen and oxygen atoms in total. The summed E-state index contributed by atoms with van der Waals surface area (Å²) in [4.78, 5) is 28.5. The average Bonchev–Trinajstić information content (AvgIpc) is 3.17. The first kappa shape index (κ1) is 19.6. The average molecular weight is 395 g/mol. The number of piperidine rings is 1. The van der Waals surface area contributed by atoms with Crippen LogP contribution >= 0.6 is 0 Å². The van der Waals surface area contributed by atoms with Gasteiger partial charge < -0.3 is 10.2 Å². The number of hydrogen-bond donors (Lipinski definition) is 1. The van der Waals surface area contributed by atoms with Gasteiger partial charge in [-0.3, -0.25) is 14.5 Å². The Labute approximate surface area is 170 Å². The number of nitrogens with zero attached hydrogens (tertiary/aromatic N) is 2. The van der Waals surface area contributed by atoms with Crippen molar-refractivity contribution >= 4 is 17.5 Å². The molecule has 6 heteroatoms. The van der Waals surface area contributed by atoms with Crippen LogP contribution in [0.4, 0.5) is 10.1 Å². The molecule has 0 saturated carbocycles. The predicted octanol–water partition coefficient (Wildman–Crippen LogP) is 3.35. The van der Waals surface area contributed by atoms with Crippen molar-refractivity contribution in [2.45, 2.75) is 38.3 Å². The van der Waals surface area contributed by atoms with Crippen molar-refractivity contribution in [3.63, 3.8) is 0 Å². The first-order valence-electron chi connectivity index (χ1n) is 10.3. The van der Waals surface area contributed by atoms with Gasteiger partial charge >= 0.3 is 0 Å². The van der Waals surface area contributed by atoms with E-state index in [4.69, 9.17) is 0 Å². The smallest absolute Gasteiger partial charge is 0.251 e. The Hall–Kier alpha value is -2.73. The van der Waals surface area contributed by atoms with Crippen molar-refractivity contribution in [1.82, 2.24) is 10.2 Å². The molecule has 152 valence electrons. The zero-order valence-electron chi connectivity index (χ0n) is 16.4. The number of likely N-dealkylation sites (tertiary alicyclic amines) is 1. The normalized spacial score (nSPS) is 18.2. The summed E-state index contributed by atoms with van der Waals surface area (Å²) in [5.41, 5.74) is 2.58. The van der Waals surface area contributed by atoms with Gasteiger partial charge in [-0.1, -0.05) is 12.1 Å². The van der Waals surface area contributed by atoms with Crippen LogP contribution in [0.2, 0.25) is 0 Å². The fraction of sp³-hybridized carbons (Fsp3) is 0.391. The lowest BCUT2D eigenvalue weighted by molar-refractivity contribution is -0.117. The summed E-state index contributed by atoms with van der Waals surface area (Å²) in [6, 6.07) is 14.1. The van der Waals surface area contributed by atoms with Crippen molar-refractivity contribution in [1.29, 1.82) is 0 Å². The lowest BCUT2D eigenvalue weighted by atomic mass is 10.0. The lowest BCUT2D eigenvalue weighted by Crippen LogP contribution is -2.44. The van der Waals surface area contributed by atoms with Gasteiger partial charge in [-0.2, -0.15) is 0 Å². The molecule has 2 heterocycles. The van der Waals surface area contributed by atoms with E-state index in [1.54, 1.807) is 17.0 Å². The third-order valence-electron chi connectivity index (χ3n) is 5.76. The van der Waals surface area contributed by atoms with Crippen molar-refractivity contribution in [2.24, 2.45) is 0 Å². The molecule has 0 spiro atoms. The highest BCUT2D eigenvalue weighted by Crippen LogP contribution is 2.22. The molecule has 0 bridgehead atoms. The highest BCUT2D eigenvalue weighted by atomic mass is 19.1. The highest BCUT2D eigenvalue weighted by Gasteiger charge is 2.23. The number of amides is 2. The summed E-state index contributed by atoms with van der Waals surface area (Å²) >= 11 is 0. The lowest BCUT2D eigenvalue weighted by Gasteiger charge is -2.32. The quantitative estimate of drug-likeness (QED) is 0.845. The van der Waals surface area contributed by atoms with E-state index in [-0.39, 0.29) is 23.7 Å². The maximum absolute atomic E-state index is 13.0. The maximum Gasteiger partial charge on any atom is 0.251 e. The van der Waals surface area contributed by atoms with Gasteiger partial charge in [0.2, 0.25) is 5.91 Å².